The molecule has 8 heteroatoms. The van der Waals surface area contributed by atoms with E-state index in [1.54, 1.807) is 24.4 Å². The molecule has 0 aliphatic carbocycles. The molecule has 27 heavy (non-hydrogen) atoms. The zero-order valence-corrected chi connectivity index (χ0v) is 17.0. The van der Waals surface area contributed by atoms with Crippen LogP contribution in [-0.2, 0) is 4.79 Å². The van der Waals surface area contributed by atoms with Crippen molar-refractivity contribution in [1.29, 1.82) is 0 Å². The first-order valence-electron chi connectivity index (χ1n) is 8.58. The normalized spacial score (nSPS) is 11.7. The summed E-state index contributed by atoms with van der Waals surface area (Å²) in [6, 6.07) is 7.98. The molecule has 1 atom stereocenters. The number of hydrogen-bond acceptors (Lipinski definition) is 3. The molecule has 2 aromatic rings. The number of aromatic nitrogens is 1. The number of hydrogen-bond donors (Lipinski definition) is 4. The molecule has 144 valence electrons. The van der Waals surface area contributed by atoms with E-state index in [0.717, 1.165) is 10.0 Å². The van der Waals surface area contributed by atoms with Gasteiger partial charge in [-0.1, -0.05) is 32.0 Å². The lowest BCUT2D eigenvalue weighted by Gasteiger charge is -2.20. The van der Waals surface area contributed by atoms with E-state index in [0.29, 0.717) is 17.7 Å². The van der Waals surface area contributed by atoms with E-state index in [-0.39, 0.29) is 11.8 Å². The largest absolute Gasteiger partial charge is 0.356 e. The summed E-state index contributed by atoms with van der Waals surface area (Å²) < 4.78 is 0.724. The Morgan fingerprint density at radius 3 is 2.41 bits per heavy atom. The molecule has 2 rings (SSSR count). The molecule has 1 unspecified atom stereocenters. The molecular formula is C19H23BrN4O3. The van der Waals surface area contributed by atoms with Crippen LogP contribution in [-0.4, -0.2) is 28.7 Å². The predicted molar refractivity (Wildman–Crippen MR) is 106 cm³/mol. The Bertz CT molecular complexity index is 832. The summed E-state index contributed by atoms with van der Waals surface area (Å²) in [7, 11) is 0. The zero-order chi connectivity index (χ0) is 20.0. The highest BCUT2D eigenvalue weighted by molar-refractivity contribution is 9.10. The Morgan fingerprint density at radius 1 is 1.11 bits per heavy atom. The van der Waals surface area contributed by atoms with E-state index in [2.05, 4.69) is 37.1 Å². The molecule has 0 bridgehead atoms. The molecule has 3 amide bonds. The maximum atomic E-state index is 12.5. The molecule has 0 saturated carbocycles. The second kappa shape index (κ2) is 9.36. The van der Waals surface area contributed by atoms with Crippen molar-refractivity contribution in [3.63, 3.8) is 0 Å². The molecule has 1 heterocycles. The fraction of sp³-hybridized carbons (Fsp3) is 0.316. The predicted octanol–water partition coefficient (Wildman–Crippen LogP) is 2.69. The van der Waals surface area contributed by atoms with Gasteiger partial charge < -0.3 is 10.3 Å². The van der Waals surface area contributed by atoms with Gasteiger partial charge in [-0.2, -0.15) is 0 Å². The van der Waals surface area contributed by atoms with Crippen molar-refractivity contribution in [1.82, 2.24) is 21.2 Å². The fourth-order valence-corrected chi connectivity index (χ4v) is 2.88. The average molecular weight is 435 g/mol. The van der Waals surface area contributed by atoms with Gasteiger partial charge in [-0.25, -0.2) is 0 Å². The van der Waals surface area contributed by atoms with Crippen LogP contribution in [0.3, 0.4) is 0 Å². The highest BCUT2D eigenvalue weighted by Crippen LogP contribution is 2.11. The SMILES string of the molecule is Cc1ccccc1C(=O)NC(CC(C)C)C(=O)NNC(=O)c1cc(Br)c[nH]1. The molecule has 0 spiro atoms. The summed E-state index contributed by atoms with van der Waals surface area (Å²) >= 11 is 3.24. The Balaban J connectivity index is 2.01. The van der Waals surface area contributed by atoms with Gasteiger partial charge in [-0.15, -0.1) is 0 Å². The minimum Gasteiger partial charge on any atom is -0.356 e. The van der Waals surface area contributed by atoms with E-state index in [1.165, 1.54) is 0 Å². The smallest absolute Gasteiger partial charge is 0.286 e. The third-order valence-electron chi connectivity index (χ3n) is 3.91. The molecule has 0 radical (unpaired) electrons. The number of hydrazine groups is 1. The molecule has 1 aromatic heterocycles. The van der Waals surface area contributed by atoms with E-state index in [9.17, 15) is 14.4 Å². The zero-order valence-electron chi connectivity index (χ0n) is 15.4. The summed E-state index contributed by atoms with van der Waals surface area (Å²) in [6.45, 7) is 5.74. The first-order chi connectivity index (χ1) is 12.8. The van der Waals surface area contributed by atoms with Gasteiger partial charge >= 0.3 is 0 Å². The van der Waals surface area contributed by atoms with Crippen LogP contribution in [0.2, 0.25) is 0 Å². The number of carbonyl (C=O) groups is 3. The number of nitrogens with one attached hydrogen (secondary N) is 4. The van der Waals surface area contributed by atoms with Crippen molar-refractivity contribution in [2.24, 2.45) is 5.92 Å². The van der Waals surface area contributed by atoms with Crippen LogP contribution in [0, 0.1) is 12.8 Å². The van der Waals surface area contributed by atoms with Gasteiger partial charge in [0.15, 0.2) is 0 Å². The number of rotatable bonds is 6. The molecule has 4 N–H and O–H groups in total. The summed E-state index contributed by atoms with van der Waals surface area (Å²) in [5.41, 5.74) is 6.36. The Morgan fingerprint density at radius 2 is 1.81 bits per heavy atom. The number of halogens is 1. The monoisotopic (exact) mass is 434 g/mol. The van der Waals surface area contributed by atoms with Gasteiger partial charge in [0, 0.05) is 16.2 Å². The Kier molecular flexibility index (Phi) is 7.18. The summed E-state index contributed by atoms with van der Waals surface area (Å²) in [4.78, 5) is 39.8. The Labute approximate surface area is 166 Å². The third kappa shape index (κ3) is 5.96. The topological polar surface area (TPSA) is 103 Å². The molecule has 0 aliphatic rings. The third-order valence-corrected chi connectivity index (χ3v) is 4.37. The highest BCUT2D eigenvalue weighted by atomic mass is 79.9. The number of carbonyl (C=O) groups excluding carboxylic acids is 3. The van der Waals surface area contributed by atoms with E-state index in [1.807, 2.05) is 32.9 Å². The van der Waals surface area contributed by atoms with Crippen LogP contribution in [0.15, 0.2) is 41.0 Å². The molecular weight excluding hydrogens is 412 g/mol. The molecule has 1 aromatic carbocycles. The van der Waals surface area contributed by atoms with Crippen molar-refractivity contribution in [2.75, 3.05) is 0 Å². The van der Waals surface area contributed by atoms with Gasteiger partial charge in [0.25, 0.3) is 17.7 Å². The molecule has 0 fully saturated rings. The summed E-state index contributed by atoms with van der Waals surface area (Å²) in [6.07, 6.45) is 2.05. The lowest BCUT2D eigenvalue weighted by Crippen LogP contribution is -2.52. The average Bonchev–Trinajstić information content (AvgIpc) is 3.05. The molecule has 7 nitrogen and oxygen atoms in total. The van der Waals surface area contributed by atoms with Gasteiger partial charge in [-0.05, 0) is 52.9 Å². The fourth-order valence-electron chi connectivity index (χ4n) is 2.54. The van der Waals surface area contributed by atoms with Gasteiger partial charge in [-0.3, -0.25) is 25.2 Å². The quantitative estimate of drug-likeness (QED) is 0.525. The van der Waals surface area contributed by atoms with Crippen LogP contribution in [0.4, 0.5) is 0 Å². The van der Waals surface area contributed by atoms with Crippen LogP contribution >= 0.6 is 15.9 Å². The summed E-state index contributed by atoms with van der Waals surface area (Å²) in [5, 5.41) is 2.76. The van der Waals surface area contributed by atoms with E-state index in [4.69, 9.17) is 0 Å². The second-order valence-electron chi connectivity index (χ2n) is 6.65. The summed E-state index contributed by atoms with van der Waals surface area (Å²) in [5.74, 6) is -1.12. The van der Waals surface area contributed by atoms with E-state index < -0.39 is 17.9 Å². The standard InChI is InChI=1S/C19H23BrN4O3/c1-11(2)8-16(22-17(25)14-7-5-4-6-12(14)3)19(27)24-23-18(26)15-9-13(20)10-21-15/h4-7,9-11,16,21H,8H2,1-3H3,(H,22,25)(H,23,26)(H,24,27). The number of benzene rings is 1. The van der Waals surface area contributed by atoms with Crippen LogP contribution < -0.4 is 16.2 Å². The number of aromatic amines is 1. The lowest BCUT2D eigenvalue weighted by molar-refractivity contribution is -0.124. The highest BCUT2D eigenvalue weighted by Gasteiger charge is 2.23. The van der Waals surface area contributed by atoms with Crippen LogP contribution in [0.5, 0.6) is 0 Å². The van der Waals surface area contributed by atoms with Gasteiger partial charge in [0.2, 0.25) is 0 Å². The van der Waals surface area contributed by atoms with Crippen molar-refractivity contribution in [2.45, 2.75) is 33.2 Å². The number of aryl methyl sites for hydroxylation is 1. The Hall–Kier alpha value is -2.61. The van der Waals surface area contributed by atoms with Crippen molar-refractivity contribution < 1.29 is 14.4 Å². The minimum absolute atomic E-state index is 0.174. The van der Waals surface area contributed by atoms with Crippen molar-refractivity contribution in [3.8, 4) is 0 Å². The minimum atomic E-state index is -0.771. The lowest BCUT2D eigenvalue weighted by atomic mass is 10.0. The van der Waals surface area contributed by atoms with Gasteiger partial charge in [0.1, 0.15) is 11.7 Å². The first-order valence-corrected chi connectivity index (χ1v) is 9.37. The molecule has 0 aliphatic heterocycles. The number of H-pyrrole nitrogens is 1. The first kappa shape index (κ1) is 20.7. The van der Waals surface area contributed by atoms with Crippen molar-refractivity contribution in [3.05, 3.63) is 57.8 Å². The maximum Gasteiger partial charge on any atom is 0.286 e. The molecule has 0 saturated heterocycles. The van der Waals surface area contributed by atoms with Crippen LogP contribution in [0.1, 0.15) is 46.7 Å². The van der Waals surface area contributed by atoms with E-state index >= 15 is 0 Å². The second-order valence-corrected chi connectivity index (χ2v) is 7.56. The van der Waals surface area contributed by atoms with Crippen molar-refractivity contribution >= 4 is 33.7 Å². The number of amides is 3. The van der Waals surface area contributed by atoms with Crippen LogP contribution in [0.25, 0.3) is 0 Å². The van der Waals surface area contributed by atoms with Gasteiger partial charge in [0.05, 0.1) is 0 Å². The maximum absolute atomic E-state index is 12.5.